The number of aryl methyl sites for hydroxylation is 3. The fourth-order valence-electron chi connectivity index (χ4n) is 3.75. The highest BCUT2D eigenvalue weighted by Gasteiger charge is 2.22. The summed E-state index contributed by atoms with van der Waals surface area (Å²) in [5.41, 5.74) is 8.20. The zero-order valence-electron chi connectivity index (χ0n) is 15.6. The Labute approximate surface area is 160 Å². The number of anilines is 1. The molecule has 0 saturated carbocycles. The number of hydrogen-bond donors (Lipinski definition) is 1. The molecule has 0 bridgehead atoms. The van der Waals surface area contributed by atoms with E-state index in [0.717, 1.165) is 40.8 Å². The molecule has 0 spiro atoms. The minimum absolute atomic E-state index is 0.772. The van der Waals surface area contributed by atoms with Crippen molar-refractivity contribution in [3.8, 4) is 16.9 Å². The molecule has 0 amide bonds. The molecule has 2 heterocycles. The first-order chi connectivity index (χ1) is 12.5. The smallest absolute Gasteiger partial charge is 0.133 e. The summed E-state index contributed by atoms with van der Waals surface area (Å²) in [6.45, 7) is 7.29. The van der Waals surface area contributed by atoms with Gasteiger partial charge in [0.2, 0.25) is 0 Å². The van der Waals surface area contributed by atoms with Gasteiger partial charge in [-0.05, 0) is 69.9 Å². The van der Waals surface area contributed by atoms with Gasteiger partial charge < -0.3 is 5.32 Å². The molecule has 0 aliphatic carbocycles. The third-order valence-corrected chi connectivity index (χ3v) is 5.43. The lowest BCUT2D eigenvalue weighted by atomic mass is 10.00. The lowest BCUT2D eigenvalue weighted by Gasteiger charge is -2.10. The highest BCUT2D eigenvalue weighted by atomic mass is 35.5. The van der Waals surface area contributed by atoms with E-state index < -0.39 is 0 Å². The molecule has 2 aromatic carbocycles. The van der Waals surface area contributed by atoms with Crippen LogP contribution in [-0.4, -0.2) is 16.3 Å². The number of rotatable bonds is 2. The molecule has 0 unspecified atom stereocenters. The molecule has 3 aromatic rings. The molecule has 0 atom stereocenters. The van der Waals surface area contributed by atoms with Gasteiger partial charge in [-0.15, -0.1) is 0 Å². The first kappa shape index (κ1) is 17.2. The van der Waals surface area contributed by atoms with Gasteiger partial charge in [-0.25, -0.2) is 4.68 Å². The minimum Gasteiger partial charge on any atom is -0.370 e. The van der Waals surface area contributed by atoms with Gasteiger partial charge in [0, 0.05) is 22.7 Å². The predicted octanol–water partition coefficient (Wildman–Crippen LogP) is 5.87. The molecular weight excluding hydrogens is 342 g/mol. The van der Waals surface area contributed by atoms with Crippen LogP contribution in [0.2, 0.25) is 5.02 Å². The van der Waals surface area contributed by atoms with E-state index in [2.05, 4.69) is 49.5 Å². The second-order valence-corrected chi connectivity index (χ2v) is 7.69. The summed E-state index contributed by atoms with van der Waals surface area (Å²) < 4.78 is 2.03. The summed E-state index contributed by atoms with van der Waals surface area (Å²) in [5, 5.41) is 9.40. The molecule has 0 radical (unpaired) electrons. The molecule has 1 N–H and O–H groups in total. The predicted molar refractivity (Wildman–Crippen MR) is 110 cm³/mol. The lowest BCUT2D eigenvalue weighted by Crippen LogP contribution is -2.07. The topological polar surface area (TPSA) is 29.9 Å². The van der Waals surface area contributed by atoms with Crippen molar-refractivity contribution in [1.29, 1.82) is 0 Å². The fourth-order valence-corrected chi connectivity index (χ4v) is 3.92. The molecule has 1 aliphatic rings. The van der Waals surface area contributed by atoms with E-state index in [4.69, 9.17) is 16.7 Å². The van der Waals surface area contributed by atoms with Crippen molar-refractivity contribution in [3.05, 3.63) is 63.7 Å². The average Bonchev–Trinajstić information content (AvgIpc) is 2.78. The molecule has 4 rings (SSSR count). The van der Waals surface area contributed by atoms with Crippen molar-refractivity contribution in [2.75, 3.05) is 11.9 Å². The number of halogens is 1. The quantitative estimate of drug-likeness (QED) is 0.615. The number of hydrogen-bond acceptors (Lipinski definition) is 2. The van der Waals surface area contributed by atoms with Crippen molar-refractivity contribution >= 4 is 17.4 Å². The maximum Gasteiger partial charge on any atom is 0.133 e. The molecule has 26 heavy (non-hydrogen) atoms. The summed E-state index contributed by atoms with van der Waals surface area (Å²) in [6.07, 6.45) is 3.40. The van der Waals surface area contributed by atoms with Crippen molar-refractivity contribution < 1.29 is 0 Å². The van der Waals surface area contributed by atoms with Gasteiger partial charge >= 0.3 is 0 Å². The van der Waals surface area contributed by atoms with Crippen molar-refractivity contribution in [2.24, 2.45) is 0 Å². The second-order valence-electron chi connectivity index (χ2n) is 7.28. The fraction of sp³-hybridized carbons (Fsp3) is 0.318. The minimum atomic E-state index is 0.772. The lowest BCUT2D eigenvalue weighted by molar-refractivity contribution is 0.780. The SMILES string of the molecule is Cc1cc(C)cc(-c2nn(-c3ccc(C)c(Cl)c3)c3c2CCCCN3)c1. The van der Waals surface area contributed by atoms with E-state index in [1.54, 1.807) is 0 Å². The molecule has 0 saturated heterocycles. The van der Waals surface area contributed by atoms with Gasteiger partial charge in [0.25, 0.3) is 0 Å². The summed E-state index contributed by atoms with van der Waals surface area (Å²) in [5.74, 6) is 1.11. The Morgan fingerprint density at radius 2 is 1.77 bits per heavy atom. The highest BCUT2D eigenvalue weighted by molar-refractivity contribution is 6.31. The molecule has 3 nitrogen and oxygen atoms in total. The highest BCUT2D eigenvalue weighted by Crippen LogP contribution is 2.35. The van der Waals surface area contributed by atoms with Crippen LogP contribution in [0.1, 0.15) is 35.1 Å². The largest absolute Gasteiger partial charge is 0.370 e. The van der Waals surface area contributed by atoms with Crippen LogP contribution in [0.25, 0.3) is 16.9 Å². The Balaban J connectivity index is 1.93. The third-order valence-electron chi connectivity index (χ3n) is 5.02. The Morgan fingerprint density at radius 3 is 2.50 bits per heavy atom. The molecule has 0 fully saturated rings. The van der Waals surface area contributed by atoms with Crippen LogP contribution >= 0.6 is 11.6 Å². The van der Waals surface area contributed by atoms with Gasteiger partial charge in [0.05, 0.1) is 11.4 Å². The van der Waals surface area contributed by atoms with Crippen LogP contribution in [0.5, 0.6) is 0 Å². The van der Waals surface area contributed by atoms with E-state index in [9.17, 15) is 0 Å². The first-order valence-electron chi connectivity index (χ1n) is 9.24. The normalized spacial score (nSPS) is 13.8. The van der Waals surface area contributed by atoms with E-state index in [-0.39, 0.29) is 0 Å². The van der Waals surface area contributed by atoms with Crippen LogP contribution in [0.15, 0.2) is 36.4 Å². The maximum atomic E-state index is 6.38. The van der Waals surface area contributed by atoms with Crippen LogP contribution in [0.3, 0.4) is 0 Å². The molecule has 1 aromatic heterocycles. The van der Waals surface area contributed by atoms with E-state index in [0.29, 0.717) is 0 Å². The average molecular weight is 366 g/mol. The summed E-state index contributed by atoms with van der Waals surface area (Å²) in [4.78, 5) is 0. The molecule has 1 aliphatic heterocycles. The monoisotopic (exact) mass is 365 g/mol. The van der Waals surface area contributed by atoms with E-state index in [1.165, 1.54) is 35.1 Å². The molecule has 4 heteroatoms. The van der Waals surface area contributed by atoms with Crippen molar-refractivity contribution in [2.45, 2.75) is 40.0 Å². The number of benzene rings is 2. The molecular formula is C22H24ClN3. The third kappa shape index (κ3) is 3.12. The zero-order valence-corrected chi connectivity index (χ0v) is 16.3. The van der Waals surface area contributed by atoms with Gasteiger partial charge in [-0.1, -0.05) is 34.9 Å². The van der Waals surface area contributed by atoms with Crippen LogP contribution in [0.4, 0.5) is 5.82 Å². The summed E-state index contributed by atoms with van der Waals surface area (Å²) in [6, 6.07) is 12.8. The summed E-state index contributed by atoms with van der Waals surface area (Å²) in [7, 11) is 0. The van der Waals surface area contributed by atoms with E-state index >= 15 is 0 Å². The molecule has 134 valence electrons. The summed E-state index contributed by atoms with van der Waals surface area (Å²) >= 11 is 6.38. The number of fused-ring (bicyclic) bond motifs is 1. The standard InChI is InChI=1S/C22H24ClN3/c1-14-10-15(2)12-17(11-14)21-19-6-4-5-9-24-22(19)26(25-21)18-8-7-16(3)20(23)13-18/h7-8,10-13,24H,4-6,9H2,1-3H3. The Hall–Kier alpha value is -2.26. The first-order valence-corrected chi connectivity index (χ1v) is 9.61. The maximum absolute atomic E-state index is 6.38. The van der Waals surface area contributed by atoms with Crippen LogP contribution in [-0.2, 0) is 6.42 Å². The Morgan fingerprint density at radius 1 is 1.00 bits per heavy atom. The van der Waals surface area contributed by atoms with Gasteiger partial charge in [-0.3, -0.25) is 0 Å². The Bertz CT molecular complexity index is 952. The van der Waals surface area contributed by atoms with Gasteiger partial charge in [0.15, 0.2) is 0 Å². The number of nitrogens with one attached hydrogen (secondary N) is 1. The van der Waals surface area contributed by atoms with E-state index in [1.807, 2.05) is 17.7 Å². The Kier molecular flexibility index (Phi) is 4.49. The zero-order chi connectivity index (χ0) is 18.3. The second kappa shape index (κ2) is 6.81. The van der Waals surface area contributed by atoms with Crippen molar-refractivity contribution in [1.82, 2.24) is 9.78 Å². The van der Waals surface area contributed by atoms with Crippen LogP contribution < -0.4 is 5.32 Å². The van der Waals surface area contributed by atoms with Crippen LogP contribution in [0, 0.1) is 20.8 Å². The van der Waals surface area contributed by atoms with Gasteiger partial charge in [-0.2, -0.15) is 5.10 Å². The van der Waals surface area contributed by atoms with Gasteiger partial charge in [0.1, 0.15) is 5.82 Å². The number of aromatic nitrogens is 2. The van der Waals surface area contributed by atoms with Crippen molar-refractivity contribution in [3.63, 3.8) is 0 Å². The number of nitrogens with zero attached hydrogens (tertiary/aromatic N) is 2.